The number of hydrogen-bond acceptors (Lipinski definition) is 6. The number of nitrogens with zero attached hydrogens (tertiary/aromatic N) is 2. The second-order valence-electron chi connectivity index (χ2n) is 10.5. The first-order valence-electron chi connectivity index (χ1n) is 13.3. The van der Waals surface area contributed by atoms with Gasteiger partial charge in [-0.25, -0.2) is 4.99 Å². The van der Waals surface area contributed by atoms with Gasteiger partial charge in [0.1, 0.15) is 0 Å². The molecule has 3 atom stereocenters. The molecule has 2 aromatic carbocycles. The van der Waals surface area contributed by atoms with Crippen LogP contribution in [0.25, 0.3) is 0 Å². The molecule has 39 heavy (non-hydrogen) atoms. The number of benzene rings is 2. The summed E-state index contributed by atoms with van der Waals surface area (Å²) in [5.74, 6) is -0.656. The monoisotopic (exact) mass is 542 g/mol. The van der Waals surface area contributed by atoms with Crippen LogP contribution in [-0.2, 0) is 16.0 Å². The number of ether oxygens (including phenoxy) is 1. The van der Waals surface area contributed by atoms with E-state index in [9.17, 15) is 23.5 Å². The highest BCUT2D eigenvalue weighted by molar-refractivity contribution is 6.00. The van der Waals surface area contributed by atoms with Gasteiger partial charge in [0.25, 0.3) is 5.91 Å². The summed E-state index contributed by atoms with van der Waals surface area (Å²) in [6, 6.07) is 12.8. The maximum Gasteiger partial charge on any atom is 0.345 e. The van der Waals surface area contributed by atoms with Crippen LogP contribution in [0.4, 0.5) is 8.78 Å². The van der Waals surface area contributed by atoms with Crippen LogP contribution in [0.5, 0.6) is 0 Å². The molecule has 1 unspecified atom stereocenters. The molecule has 10 heteroatoms. The smallest absolute Gasteiger partial charge is 0.345 e. The molecule has 4 rings (SSSR count). The Morgan fingerprint density at radius 3 is 2.59 bits per heavy atom. The maximum atomic E-state index is 13.4. The van der Waals surface area contributed by atoms with E-state index in [2.05, 4.69) is 15.0 Å². The molecule has 0 saturated heterocycles. The highest BCUT2D eigenvalue weighted by atomic mass is 19.3. The summed E-state index contributed by atoms with van der Waals surface area (Å²) >= 11 is 0. The number of halogens is 2. The number of alkyl halides is 2. The quantitative estimate of drug-likeness (QED) is 0.415. The highest BCUT2D eigenvalue weighted by Crippen LogP contribution is 2.39. The normalized spacial score (nSPS) is 22.9. The van der Waals surface area contributed by atoms with E-state index in [0.717, 1.165) is 11.1 Å². The van der Waals surface area contributed by atoms with Gasteiger partial charge in [-0.05, 0) is 55.0 Å². The third kappa shape index (κ3) is 5.96. The molecule has 0 saturated carbocycles. The van der Waals surface area contributed by atoms with E-state index in [4.69, 9.17) is 5.73 Å². The summed E-state index contributed by atoms with van der Waals surface area (Å²) in [7, 11) is 0. The van der Waals surface area contributed by atoms with Gasteiger partial charge in [-0.1, -0.05) is 50.2 Å². The number of aliphatic imine (C=N–C) groups is 1. The van der Waals surface area contributed by atoms with E-state index >= 15 is 0 Å². The van der Waals surface area contributed by atoms with Crippen molar-refractivity contribution in [1.82, 2.24) is 10.2 Å². The largest absolute Gasteiger partial charge is 0.387 e. The molecule has 2 aliphatic rings. The number of hydrogen-bond donors (Lipinski definition) is 3. The SMILES string of the molecule is CCC1(CC)CC(=O)N([C@H](CCOC(F)F)c2cccc(C(=O)N[C@@H]3c4ccccc4CC3(C)O)c2)C(N)=N1. The molecule has 4 N–H and O–H groups in total. The lowest BCUT2D eigenvalue weighted by Crippen LogP contribution is -2.52. The Balaban J connectivity index is 1.63. The molecule has 1 heterocycles. The molecule has 0 fully saturated rings. The van der Waals surface area contributed by atoms with Gasteiger partial charge in [0.05, 0.1) is 36.3 Å². The van der Waals surface area contributed by atoms with Gasteiger partial charge in [0, 0.05) is 12.0 Å². The minimum atomic E-state index is -2.96. The van der Waals surface area contributed by atoms with Crippen LogP contribution in [0.2, 0.25) is 0 Å². The fraction of sp³-hybridized carbons (Fsp3) is 0.483. The zero-order chi connectivity index (χ0) is 28.4. The minimum Gasteiger partial charge on any atom is -0.387 e. The average molecular weight is 543 g/mol. The van der Waals surface area contributed by atoms with Crippen molar-refractivity contribution >= 4 is 17.8 Å². The van der Waals surface area contributed by atoms with Gasteiger partial charge in [-0.2, -0.15) is 8.78 Å². The molecule has 0 aromatic heterocycles. The van der Waals surface area contributed by atoms with Crippen LogP contribution in [0.15, 0.2) is 53.5 Å². The second kappa shape index (κ2) is 11.4. The van der Waals surface area contributed by atoms with Crippen molar-refractivity contribution < 1.29 is 28.2 Å². The highest BCUT2D eigenvalue weighted by Gasteiger charge is 2.42. The molecule has 2 amide bonds. The van der Waals surface area contributed by atoms with Gasteiger partial charge in [0.15, 0.2) is 5.96 Å². The minimum absolute atomic E-state index is 0.0189. The van der Waals surface area contributed by atoms with Gasteiger partial charge in [-0.3, -0.25) is 14.5 Å². The van der Waals surface area contributed by atoms with Crippen molar-refractivity contribution in [3.63, 3.8) is 0 Å². The number of aliphatic hydroxyl groups is 1. The molecule has 210 valence electrons. The lowest BCUT2D eigenvalue weighted by atomic mass is 9.87. The van der Waals surface area contributed by atoms with Gasteiger partial charge >= 0.3 is 6.61 Å². The predicted molar refractivity (Wildman–Crippen MR) is 143 cm³/mol. The Hall–Kier alpha value is -3.37. The Kier molecular flexibility index (Phi) is 8.37. The third-order valence-corrected chi connectivity index (χ3v) is 7.96. The molecule has 2 aromatic rings. The second-order valence-corrected chi connectivity index (χ2v) is 10.5. The fourth-order valence-corrected chi connectivity index (χ4v) is 5.67. The van der Waals surface area contributed by atoms with Crippen LogP contribution in [0.1, 0.15) is 85.6 Å². The van der Waals surface area contributed by atoms with Gasteiger partial charge in [-0.15, -0.1) is 0 Å². The summed E-state index contributed by atoms with van der Waals surface area (Å²) in [6.07, 6.45) is 1.84. The van der Waals surface area contributed by atoms with Crippen molar-refractivity contribution in [2.75, 3.05) is 6.61 Å². The lowest BCUT2D eigenvalue weighted by molar-refractivity contribution is -0.137. The summed E-state index contributed by atoms with van der Waals surface area (Å²) in [5.41, 5.74) is 7.19. The van der Waals surface area contributed by atoms with Crippen molar-refractivity contribution in [3.05, 3.63) is 70.8 Å². The zero-order valence-corrected chi connectivity index (χ0v) is 22.5. The van der Waals surface area contributed by atoms with Crippen molar-refractivity contribution in [2.24, 2.45) is 10.7 Å². The van der Waals surface area contributed by atoms with Gasteiger partial charge < -0.3 is 20.9 Å². The van der Waals surface area contributed by atoms with Crippen molar-refractivity contribution in [2.45, 2.75) is 82.7 Å². The number of nitrogens with two attached hydrogens (primary N) is 1. The van der Waals surface area contributed by atoms with E-state index < -0.39 is 35.7 Å². The molecular weight excluding hydrogens is 506 g/mol. The number of amides is 2. The molecule has 1 aliphatic carbocycles. The first-order chi connectivity index (χ1) is 18.5. The molecule has 0 bridgehead atoms. The Morgan fingerprint density at radius 2 is 1.92 bits per heavy atom. The number of carbonyl (C=O) groups excluding carboxylic acids is 2. The molecule has 0 spiro atoms. The van der Waals surface area contributed by atoms with E-state index in [0.29, 0.717) is 30.4 Å². The summed E-state index contributed by atoms with van der Waals surface area (Å²) in [6.45, 7) is 2.29. The van der Waals surface area contributed by atoms with Crippen LogP contribution in [0, 0.1) is 0 Å². The summed E-state index contributed by atoms with van der Waals surface area (Å²) in [4.78, 5) is 32.7. The van der Waals surface area contributed by atoms with E-state index in [1.54, 1.807) is 31.2 Å². The molecular formula is C29H36F2N4O4. The first kappa shape index (κ1) is 28.6. The number of nitrogens with one attached hydrogen (secondary N) is 1. The van der Waals surface area contributed by atoms with Crippen molar-refractivity contribution in [1.29, 1.82) is 0 Å². The Labute approximate surface area is 227 Å². The van der Waals surface area contributed by atoms with E-state index in [-0.39, 0.29) is 31.3 Å². The van der Waals surface area contributed by atoms with Crippen LogP contribution in [0.3, 0.4) is 0 Å². The molecule has 1 aliphatic heterocycles. The molecule has 8 nitrogen and oxygen atoms in total. The number of rotatable bonds is 10. The number of fused-ring (bicyclic) bond motifs is 1. The summed E-state index contributed by atoms with van der Waals surface area (Å²) in [5, 5.41) is 14.0. The zero-order valence-electron chi connectivity index (χ0n) is 22.5. The van der Waals surface area contributed by atoms with Gasteiger partial charge in [0.2, 0.25) is 5.91 Å². The Bertz CT molecular complexity index is 1250. The standard InChI is InChI=1S/C29H36F2N4O4/c1-4-29(5-2)17-23(36)35(27(32)34-29)22(13-14-39-26(30)31)18-10-8-11-19(15-18)25(37)33-24-21-12-7-6-9-20(21)16-28(24,3)38/h6-12,15,22,24,26,38H,4-5,13-14,16-17H2,1-3H3,(H2,32,34)(H,33,37)/t22-,24-,28?/m1/s1. The van der Waals surface area contributed by atoms with E-state index in [1.165, 1.54) is 4.90 Å². The van der Waals surface area contributed by atoms with E-state index in [1.807, 2.05) is 38.1 Å². The molecule has 0 radical (unpaired) electrons. The average Bonchev–Trinajstić information content (AvgIpc) is 3.16. The number of carbonyl (C=O) groups is 2. The predicted octanol–water partition coefficient (Wildman–Crippen LogP) is 4.24. The van der Waals surface area contributed by atoms with Crippen LogP contribution in [-0.4, -0.2) is 52.1 Å². The maximum absolute atomic E-state index is 13.4. The summed E-state index contributed by atoms with van der Waals surface area (Å²) < 4.78 is 30.1. The van der Waals surface area contributed by atoms with Crippen LogP contribution >= 0.6 is 0 Å². The van der Waals surface area contributed by atoms with Crippen LogP contribution < -0.4 is 11.1 Å². The third-order valence-electron chi connectivity index (χ3n) is 7.96. The fourth-order valence-electron chi connectivity index (χ4n) is 5.67. The van der Waals surface area contributed by atoms with Crippen molar-refractivity contribution in [3.8, 4) is 0 Å². The number of guanidine groups is 1. The topological polar surface area (TPSA) is 117 Å². The lowest BCUT2D eigenvalue weighted by Gasteiger charge is -2.40. The Morgan fingerprint density at radius 1 is 1.21 bits per heavy atom. The first-order valence-corrected chi connectivity index (χ1v) is 13.3.